The summed E-state index contributed by atoms with van der Waals surface area (Å²) in [6.07, 6.45) is 2.95. The highest BCUT2D eigenvalue weighted by molar-refractivity contribution is 6.36. The maximum Gasteiger partial charge on any atom is 0.322 e. The fourth-order valence-corrected chi connectivity index (χ4v) is 2.81. The summed E-state index contributed by atoms with van der Waals surface area (Å²) in [6.45, 7) is 0. The van der Waals surface area contributed by atoms with Gasteiger partial charge in [0.15, 0.2) is 11.5 Å². The molecule has 7 nitrogen and oxygen atoms in total. The van der Waals surface area contributed by atoms with Crippen molar-refractivity contribution in [1.82, 2.24) is 10.2 Å². The van der Waals surface area contributed by atoms with E-state index < -0.39 is 5.91 Å². The first-order valence-corrected chi connectivity index (χ1v) is 8.75. The fourth-order valence-electron chi connectivity index (χ4n) is 2.32. The van der Waals surface area contributed by atoms with Crippen molar-refractivity contribution in [3.8, 4) is 23.0 Å². The molecule has 0 aliphatic heterocycles. The van der Waals surface area contributed by atoms with Gasteiger partial charge in [0.05, 0.1) is 24.8 Å². The molecule has 28 heavy (non-hydrogen) atoms. The van der Waals surface area contributed by atoms with Gasteiger partial charge in [0.25, 0.3) is 11.8 Å². The standard InChI is InChI=1S/C19H15Cl2N3O4/c1-26-15-7-3-11(9-16(15)27-2)4-8-17(25)22-19-24-23-18(28-19)13-6-5-12(20)10-14(13)21/h3-10H,1-2H3,(H,22,24,25)/b8-4+. The fraction of sp³-hybridized carbons (Fsp3) is 0.105. The number of hydrogen-bond donors (Lipinski definition) is 1. The van der Waals surface area contributed by atoms with Crippen molar-refractivity contribution in [2.45, 2.75) is 0 Å². The summed E-state index contributed by atoms with van der Waals surface area (Å²) in [5.41, 5.74) is 1.27. The first kappa shape index (κ1) is 19.7. The number of ether oxygens (including phenoxy) is 2. The monoisotopic (exact) mass is 419 g/mol. The number of aromatic nitrogens is 2. The minimum absolute atomic E-state index is 0.0528. The number of benzene rings is 2. The minimum Gasteiger partial charge on any atom is -0.493 e. The molecule has 2 aromatic carbocycles. The van der Waals surface area contributed by atoms with Gasteiger partial charge >= 0.3 is 6.01 Å². The zero-order valence-corrected chi connectivity index (χ0v) is 16.4. The molecule has 144 valence electrons. The van der Waals surface area contributed by atoms with Crippen molar-refractivity contribution in [3.05, 3.63) is 58.1 Å². The number of amides is 1. The van der Waals surface area contributed by atoms with Crippen molar-refractivity contribution in [2.75, 3.05) is 19.5 Å². The molecule has 0 aliphatic carbocycles. The highest BCUT2D eigenvalue weighted by atomic mass is 35.5. The molecule has 0 unspecified atom stereocenters. The first-order valence-electron chi connectivity index (χ1n) is 8.00. The van der Waals surface area contributed by atoms with Gasteiger partial charge in [0.1, 0.15) is 0 Å². The van der Waals surface area contributed by atoms with Crippen molar-refractivity contribution >= 4 is 41.2 Å². The van der Waals surface area contributed by atoms with Crippen LogP contribution in [0.5, 0.6) is 11.5 Å². The lowest BCUT2D eigenvalue weighted by Gasteiger charge is -2.07. The van der Waals surface area contributed by atoms with Crippen LogP contribution < -0.4 is 14.8 Å². The Kier molecular flexibility index (Phi) is 6.18. The Hall–Kier alpha value is -3.03. The number of nitrogens with one attached hydrogen (secondary N) is 1. The largest absolute Gasteiger partial charge is 0.493 e. The third kappa shape index (κ3) is 4.62. The van der Waals surface area contributed by atoms with Gasteiger partial charge in [-0.05, 0) is 42.0 Å². The molecule has 0 saturated carbocycles. The molecule has 0 atom stereocenters. The summed E-state index contributed by atoms with van der Waals surface area (Å²) in [5, 5.41) is 11.0. The Bertz CT molecular complexity index is 1030. The van der Waals surface area contributed by atoms with Crippen molar-refractivity contribution in [3.63, 3.8) is 0 Å². The zero-order valence-electron chi connectivity index (χ0n) is 14.9. The summed E-state index contributed by atoms with van der Waals surface area (Å²) in [5.74, 6) is 0.892. The van der Waals surface area contributed by atoms with E-state index in [-0.39, 0.29) is 11.9 Å². The summed E-state index contributed by atoms with van der Waals surface area (Å²) < 4.78 is 15.8. The van der Waals surface area contributed by atoms with Crippen LogP contribution in [0.1, 0.15) is 5.56 Å². The second kappa shape index (κ2) is 8.77. The van der Waals surface area contributed by atoms with Crippen LogP contribution in [0.4, 0.5) is 6.01 Å². The van der Waals surface area contributed by atoms with E-state index in [1.807, 2.05) is 0 Å². The zero-order chi connectivity index (χ0) is 20.1. The number of halogens is 2. The van der Waals surface area contributed by atoms with Gasteiger partial charge < -0.3 is 13.9 Å². The molecule has 9 heteroatoms. The second-order valence-electron chi connectivity index (χ2n) is 5.47. The number of anilines is 1. The molecule has 1 N–H and O–H groups in total. The summed E-state index contributed by atoms with van der Waals surface area (Å²) in [7, 11) is 3.09. The Morgan fingerprint density at radius 2 is 1.86 bits per heavy atom. The Morgan fingerprint density at radius 1 is 1.07 bits per heavy atom. The molecular weight excluding hydrogens is 405 g/mol. The lowest BCUT2D eigenvalue weighted by atomic mass is 10.2. The summed E-state index contributed by atoms with van der Waals surface area (Å²) in [4.78, 5) is 12.1. The molecule has 0 bridgehead atoms. The maximum atomic E-state index is 12.1. The average molecular weight is 420 g/mol. The molecule has 0 spiro atoms. The van der Waals surface area contributed by atoms with Gasteiger partial charge in [-0.1, -0.05) is 34.4 Å². The van der Waals surface area contributed by atoms with E-state index in [0.717, 1.165) is 5.56 Å². The molecule has 0 saturated heterocycles. The highest BCUT2D eigenvalue weighted by Gasteiger charge is 2.13. The van der Waals surface area contributed by atoms with E-state index >= 15 is 0 Å². The summed E-state index contributed by atoms with van der Waals surface area (Å²) in [6, 6.07) is 10.1. The van der Waals surface area contributed by atoms with E-state index in [2.05, 4.69) is 15.5 Å². The molecule has 0 aliphatic rings. The van der Waals surface area contributed by atoms with Gasteiger partial charge in [-0.15, -0.1) is 5.10 Å². The molecule has 0 radical (unpaired) electrons. The Morgan fingerprint density at radius 3 is 2.57 bits per heavy atom. The van der Waals surface area contributed by atoms with Crippen molar-refractivity contribution < 1.29 is 18.7 Å². The summed E-state index contributed by atoms with van der Waals surface area (Å²) >= 11 is 12.0. The third-order valence-electron chi connectivity index (χ3n) is 3.65. The van der Waals surface area contributed by atoms with E-state index in [4.69, 9.17) is 37.1 Å². The normalized spacial score (nSPS) is 10.9. The van der Waals surface area contributed by atoms with E-state index in [9.17, 15) is 4.79 Å². The van der Waals surface area contributed by atoms with Crippen LogP contribution in [-0.4, -0.2) is 30.3 Å². The van der Waals surface area contributed by atoms with Gasteiger partial charge in [-0.25, -0.2) is 0 Å². The van der Waals surface area contributed by atoms with Crippen molar-refractivity contribution in [1.29, 1.82) is 0 Å². The number of hydrogen-bond acceptors (Lipinski definition) is 6. The van der Waals surface area contributed by atoms with Crippen LogP contribution in [0.15, 0.2) is 46.9 Å². The van der Waals surface area contributed by atoms with Gasteiger partial charge in [0.2, 0.25) is 0 Å². The van der Waals surface area contributed by atoms with Crippen LogP contribution in [0.3, 0.4) is 0 Å². The van der Waals surface area contributed by atoms with E-state index in [1.54, 1.807) is 49.6 Å². The van der Waals surface area contributed by atoms with Crippen LogP contribution in [0.2, 0.25) is 10.0 Å². The van der Waals surface area contributed by atoms with Crippen LogP contribution in [0, 0.1) is 0 Å². The lowest BCUT2D eigenvalue weighted by molar-refractivity contribution is -0.112. The minimum atomic E-state index is -0.438. The predicted octanol–water partition coefficient (Wildman–Crippen LogP) is 4.71. The molecule has 0 fully saturated rings. The molecule has 1 heterocycles. The first-order chi connectivity index (χ1) is 13.5. The van der Waals surface area contributed by atoms with Gasteiger partial charge in [-0.3, -0.25) is 10.1 Å². The lowest BCUT2D eigenvalue weighted by Crippen LogP contribution is -2.07. The van der Waals surface area contributed by atoms with E-state index in [1.165, 1.54) is 13.2 Å². The molecular formula is C19H15Cl2N3O4. The van der Waals surface area contributed by atoms with Crippen LogP contribution >= 0.6 is 23.2 Å². The number of nitrogens with zero attached hydrogens (tertiary/aromatic N) is 2. The molecule has 3 rings (SSSR count). The number of methoxy groups -OCH3 is 2. The van der Waals surface area contributed by atoms with E-state index in [0.29, 0.717) is 27.1 Å². The van der Waals surface area contributed by atoms with Crippen LogP contribution in [-0.2, 0) is 4.79 Å². The van der Waals surface area contributed by atoms with Gasteiger partial charge in [0, 0.05) is 11.1 Å². The molecule has 1 aromatic heterocycles. The Balaban J connectivity index is 1.69. The smallest absolute Gasteiger partial charge is 0.322 e. The third-order valence-corrected chi connectivity index (χ3v) is 4.20. The predicted molar refractivity (Wildman–Crippen MR) is 107 cm³/mol. The van der Waals surface area contributed by atoms with Crippen LogP contribution in [0.25, 0.3) is 17.5 Å². The highest BCUT2D eigenvalue weighted by Crippen LogP contribution is 2.30. The Labute approximate surface area is 170 Å². The average Bonchev–Trinajstić information content (AvgIpc) is 3.14. The SMILES string of the molecule is COc1ccc(/C=C/C(=O)Nc2nnc(-c3ccc(Cl)cc3Cl)o2)cc1OC. The topological polar surface area (TPSA) is 86.5 Å². The second-order valence-corrected chi connectivity index (χ2v) is 6.32. The molecule has 3 aromatic rings. The number of carbonyl (C=O) groups is 1. The quantitative estimate of drug-likeness (QED) is 0.582. The number of rotatable bonds is 6. The van der Waals surface area contributed by atoms with Crippen molar-refractivity contribution in [2.24, 2.45) is 0 Å². The number of carbonyl (C=O) groups excluding carboxylic acids is 1. The maximum absolute atomic E-state index is 12.1. The molecule has 1 amide bonds. The van der Waals surface area contributed by atoms with Gasteiger partial charge in [-0.2, -0.15) is 0 Å².